The Morgan fingerprint density at radius 2 is 1.83 bits per heavy atom. The first kappa shape index (κ1) is 12.9. The van der Waals surface area contributed by atoms with E-state index in [-0.39, 0.29) is 0 Å². The van der Waals surface area contributed by atoms with E-state index in [1.165, 1.54) is 16.8 Å². The second-order valence-corrected chi connectivity index (χ2v) is 4.70. The molecule has 0 aliphatic carbocycles. The molecule has 1 heterocycles. The fourth-order valence-electron chi connectivity index (χ4n) is 2.01. The number of likely N-dealkylation sites (N-methyl/N-ethyl adjacent to an activating group) is 1. The molecule has 3 heteroatoms. The van der Waals surface area contributed by atoms with Crippen LogP contribution < -0.4 is 5.73 Å². The van der Waals surface area contributed by atoms with Gasteiger partial charge >= 0.3 is 0 Å². The molecule has 3 N–H and O–H groups in total. The van der Waals surface area contributed by atoms with Crippen molar-refractivity contribution in [3.05, 3.63) is 59.4 Å². The number of aromatic amines is 1. The monoisotopic (exact) mass is 243 g/mol. The van der Waals surface area contributed by atoms with Crippen LogP contribution in [0, 0.1) is 0 Å². The van der Waals surface area contributed by atoms with Gasteiger partial charge in [0.2, 0.25) is 0 Å². The number of hydrogen-bond donors (Lipinski definition) is 2. The molecule has 0 bridgehead atoms. The standard InChI is InChI=1S/C15H21N3/c1-18(10-8-15-3-2-9-17-15)12-14-6-4-13(11-16)5-7-14/h2-7,9,17H,8,10-12,16H2,1H3. The predicted molar refractivity (Wildman–Crippen MR) is 75.2 cm³/mol. The van der Waals surface area contributed by atoms with E-state index in [1.807, 2.05) is 12.3 Å². The lowest BCUT2D eigenvalue weighted by Crippen LogP contribution is -2.20. The SMILES string of the molecule is CN(CCc1ccc[nH]1)Cc1ccc(CN)cc1. The van der Waals surface area contributed by atoms with Gasteiger partial charge in [-0.15, -0.1) is 0 Å². The minimum Gasteiger partial charge on any atom is -0.365 e. The number of H-pyrrole nitrogens is 1. The molecule has 18 heavy (non-hydrogen) atoms. The van der Waals surface area contributed by atoms with Crippen LogP contribution in [-0.2, 0) is 19.5 Å². The van der Waals surface area contributed by atoms with Gasteiger partial charge < -0.3 is 15.6 Å². The van der Waals surface area contributed by atoms with Crippen LogP contribution in [-0.4, -0.2) is 23.5 Å². The first-order chi connectivity index (χ1) is 8.78. The highest BCUT2D eigenvalue weighted by Crippen LogP contribution is 2.07. The quantitative estimate of drug-likeness (QED) is 0.816. The van der Waals surface area contributed by atoms with Gasteiger partial charge in [0.25, 0.3) is 0 Å². The molecule has 2 rings (SSSR count). The average molecular weight is 243 g/mol. The van der Waals surface area contributed by atoms with E-state index in [0.29, 0.717) is 6.54 Å². The van der Waals surface area contributed by atoms with Crippen molar-refractivity contribution >= 4 is 0 Å². The van der Waals surface area contributed by atoms with E-state index in [4.69, 9.17) is 5.73 Å². The number of benzene rings is 1. The number of hydrogen-bond acceptors (Lipinski definition) is 2. The molecule has 0 atom stereocenters. The summed E-state index contributed by atoms with van der Waals surface area (Å²) in [6.07, 6.45) is 3.03. The van der Waals surface area contributed by atoms with Crippen LogP contribution in [0.25, 0.3) is 0 Å². The lowest BCUT2D eigenvalue weighted by Gasteiger charge is -2.16. The molecule has 3 nitrogen and oxygen atoms in total. The van der Waals surface area contributed by atoms with Crippen LogP contribution >= 0.6 is 0 Å². The molecule has 0 spiro atoms. The number of rotatable bonds is 6. The van der Waals surface area contributed by atoms with Gasteiger partial charge in [-0.05, 0) is 30.3 Å². The molecule has 0 saturated carbocycles. The fraction of sp³-hybridized carbons (Fsp3) is 0.333. The van der Waals surface area contributed by atoms with E-state index >= 15 is 0 Å². The van der Waals surface area contributed by atoms with Gasteiger partial charge in [-0.2, -0.15) is 0 Å². The van der Waals surface area contributed by atoms with Gasteiger partial charge in [0.15, 0.2) is 0 Å². The highest BCUT2D eigenvalue weighted by molar-refractivity contribution is 5.22. The van der Waals surface area contributed by atoms with Crippen LogP contribution in [0.2, 0.25) is 0 Å². The maximum absolute atomic E-state index is 5.59. The van der Waals surface area contributed by atoms with Crippen LogP contribution in [0.3, 0.4) is 0 Å². The summed E-state index contributed by atoms with van der Waals surface area (Å²) in [4.78, 5) is 5.56. The molecule has 0 unspecified atom stereocenters. The minimum atomic E-state index is 0.614. The van der Waals surface area contributed by atoms with E-state index in [2.05, 4.69) is 47.3 Å². The van der Waals surface area contributed by atoms with Crippen LogP contribution in [0.15, 0.2) is 42.6 Å². The Morgan fingerprint density at radius 3 is 2.44 bits per heavy atom. The lowest BCUT2D eigenvalue weighted by atomic mass is 10.1. The summed E-state index contributed by atoms with van der Waals surface area (Å²) < 4.78 is 0. The summed E-state index contributed by atoms with van der Waals surface area (Å²) in [6.45, 7) is 2.65. The zero-order valence-electron chi connectivity index (χ0n) is 10.9. The predicted octanol–water partition coefficient (Wildman–Crippen LogP) is 2.15. The van der Waals surface area contributed by atoms with Crippen molar-refractivity contribution < 1.29 is 0 Å². The van der Waals surface area contributed by atoms with E-state index < -0.39 is 0 Å². The Hall–Kier alpha value is -1.58. The van der Waals surface area contributed by atoms with Crippen molar-refractivity contribution in [3.8, 4) is 0 Å². The molecule has 0 radical (unpaired) electrons. The molecular weight excluding hydrogens is 222 g/mol. The second-order valence-electron chi connectivity index (χ2n) is 4.70. The highest BCUT2D eigenvalue weighted by atomic mass is 15.1. The van der Waals surface area contributed by atoms with E-state index in [1.54, 1.807) is 0 Å². The third-order valence-electron chi connectivity index (χ3n) is 3.14. The Labute approximate surface area is 109 Å². The number of aromatic nitrogens is 1. The fourth-order valence-corrected chi connectivity index (χ4v) is 2.01. The van der Waals surface area contributed by atoms with E-state index in [0.717, 1.165) is 19.5 Å². The van der Waals surface area contributed by atoms with Crippen molar-refractivity contribution in [1.29, 1.82) is 0 Å². The first-order valence-electron chi connectivity index (χ1n) is 6.36. The van der Waals surface area contributed by atoms with Gasteiger partial charge in [-0.1, -0.05) is 24.3 Å². The summed E-state index contributed by atoms with van der Waals surface area (Å²) >= 11 is 0. The van der Waals surface area contributed by atoms with Gasteiger partial charge in [-0.25, -0.2) is 0 Å². The molecule has 0 amide bonds. The minimum absolute atomic E-state index is 0.614. The molecule has 0 saturated heterocycles. The molecular formula is C15H21N3. The topological polar surface area (TPSA) is 45.0 Å². The normalized spacial score (nSPS) is 11.1. The summed E-state index contributed by atoms with van der Waals surface area (Å²) in [6, 6.07) is 12.7. The first-order valence-corrected chi connectivity index (χ1v) is 6.36. The zero-order valence-corrected chi connectivity index (χ0v) is 10.9. The molecule has 2 aromatic rings. The van der Waals surface area contributed by atoms with Crippen molar-refractivity contribution in [2.24, 2.45) is 5.73 Å². The largest absolute Gasteiger partial charge is 0.365 e. The van der Waals surface area contributed by atoms with E-state index in [9.17, 15) is 0 Å². The van der Waals surface area contributed by atoms with Crippen molar-refractivity contribution in [1.82, 2.24) is 9.88 Å². The van der Waals surface area contributed by atoms with Crippen LogP contribution in [0.1, 0.15) is 16.8 Å². The molecule has 0 aliphatic rings. The summed E-state index contributed by atoms with van der Waals surface area (Å²) in [7, 11) is 2.15. The summed E-state index contributed by atoms with van der Waals surface area (Å²) in [5.41, 5.74) is 9.40. The van der Waals surface area contributed by atoms with Gasteiger partial charge in [-0.3, -0.25) is 0 Å². The lowest BCUT2D eigenvalue weighted by molar-refractivity contribution is 0.330. The molecule has 0 fully saturated rings. The Kier molecular flexibility index (Phi) is 4.56. The number of nitrogens with two attached hydrogens (primary N) is 1. The Morgan fingerprint density at radius 1 is 1.11 bits per heavy atom. The molecule has 1 aromatic heterocycles. The zero-order chi connectivity index (χ0) is 12.8. The molecule has 0 aliphatic heterocycles. The third kappa shape index (κ3) is 3.72. The van der Waals surface area contributed by atoms with Crippen molar-refractivity contribution in [3.63, 3.8) is 0 Å². The summed E-state index contributed by atoms with van der Waals surface area (Å²) in [5, 5.41) is 0. The third-order valence-corrected chi connectivity index (χ3v) is 3.14. The van der Waals surface area contributed by atoms with Crippen LogP contribution in [0.4, 0.5) is 0 Å². The maximum Gasteiger partial charge on any atom is 0.0230 e. The maximum atomic E-state index is 5.59. The van der Waals surface area contributed by atoms with Crippen molar-refractivity contribution in [2.45, 2.75) is 19.5 Å². The highest BCUT2D eigenvalue weighted by Gasteiger charge is 2.01. The van der Waals surface area contributed by atoms with Gasteiger partial charge in [0.05, 0.1) is 0 Å². The second kappa shape index (κ2) is 6.38. The van der Waals surface area contributed by atoms with Crippen molar-refractivity contribution in [2.75, 3.05) is 13.6 Å². The smallest absolute Gasteiger partial charge is 0.0230 e. The van der Waals surface area contributed by atoms with Gasteiger partial charge in [0, 0.05) is 37.9 Å². The van der Waals surface area contributed by atoms with Crippen LogP contribution in [0.5, 0.6) is 0 Å². The average Bonchev–Trinajstić information content (AvgIpc) is 2.90. The molecule has 96 valence electrons. The van der Waals surface area contributed by atoms with Gasteiger partial charge in [0.1, 0.15) is 0 Å². The Bertz CT molecular complexity index is 445. The number of nitrogens with one attached hydrogen (secondary N) is 1. The summed E-state index contributed by atoms with van der Waals surface area (Å²) in [5.74, 6) is 0. The number of nitrogens with zero attached hydrogens (tertiary/aromatic N) is 1. The Balaban J connectivity index is 1.80. The molecule has 1 aromatic carbocycles.